The maximum Gasteiger partial charge on any atom is 0.291 e. The summed E-state index contributed by atoms with van der Waals surface area (Å²) in [5.74, 6) is -0.355. The Bertz CT molecular complexity index is 653. The summed E-state index contributed by atoms with van der Waals surface area (Å²) in [6.07, 6.45) is 1.55. The third kappa shape index (κ3) is 4.16. The Kier molecular flexibility index (Phi) is 4.43. The number of hydrazone groups is 1. The minimum absolute atomic E-state index is 0.0852. The normalized spacial score (nSPS) is 11.8. The van der Waals surface area contributed by atoms with Crippen molar-refractivity contribution in [2.75, 3.05) is 0 Å². The Hall–Kier alpha value is -2.14. The number of aromatic nitrogens is 2. The number of carbonyl (C=O) groups is 1. The van der Waals surface area contributed by atoms with Crippen LogP contribution in [0.2, 0.25) is 5.02 Å². The van der Waals surface area contributed by atoms with Crippen LogP contribution in [0.15, 0.2) is 35.4 Å². The second kappa shape index (κ2) is 6.10. The Balaban J connectivity index is 1.98. The third-order valence-corrected chi connectivity index (χ3v) is 3.12. The topological polar surface area (TPSA) is 70.1 Å². The zero-order valence-electron chi connectivity index (χ0n) is 12.1. The van der Waals surface area contributed by atoms with Crippen molar-refractivity contribution in [1.82, 2.24) is 15.6 Å². The number of hydrogen-bond donors (Lipinski definition) is 2. The quantitative estimate of drug-likeness (QED) is 0.675. The molecule has 2 aromatic rings. The fourth-order valence-corrected chi connectivity index (χ4v) is 1.72. The van der Waals surface area contributed by atoms with E-state index in [0.717, 1.165) is 11.3 Å². The zero-order valence-corrected chi connectivity index (χ0v) is 12.9. The van der Waals surface area contributed by atoms with Crippen molar-refractivity contribution in [3.05, 3.63) is 52.3 Å². The van der Waals surface area contributed by atoms with Gasteiger partial charge in [-0.3, -0.25) is 9.89 Å². The standard InChI is InChI=1S/C15H17ClN4O/c1-15(2,3)13-8-12(18-19-13)14(21)20-17-9-10-4-6-11(16)7-5-10/h4-9H,1-3H3,(H,18,19)(H,20,21)/b17-9-. The van der Waals surface area contributed by atoms with Gasteiger partial charge < -0.3 is 0 Å². The molecule has 0 spiro atoms. The lowest BCUT2D eigenvalue weighted by Gasteiger charge is -2.14. The van der Waals surface area contributed by atoms with Crippen LogP contribution in [0.25, 0.3) is 0 Å². The van der Waals surface area contributed by atoms with Gasteiger partial charge in [0.25, 0.3) is 5.91 Å². The average molecular weight is 305 g/mol. The molecule has 0 saturated carbocycles. The second-order valence-electron chi connectivity index (χ2n) is 5.67. The molecule has 0 unspecified atom stereocenters. The number of rotatable bonds is 3. The molecule has 0 aliphatic carbocycles. The highest BCUT2D eigenvalue weighted by Crippen LogP contribution is 2.20. The predicted molar refractivity (Wildman–Crippen MR) is 83.8 cm³/mol. The molecule has 0 aliphatic rings. The van der Waals surface area contributed by atoms with E-state index >= 15 is 0 Å². The molecule has 6 heteroatoms. The van der Waals surface area contributed by atoms with Crippen LogP contribution >= 0.6 is 11.6 Å². The van der Waals surface area contributed by atoms with Gasteiger partial charge in [0.2, 0.25) is 0 Å². The van der Waals surface area contributed by atoms with Crippen molar-refractivity contribution in [2.24, 2.45) is 5.10 Å². The van der Waals surface area contributed by atoms with Gasteiger partial charge >= 0.3 is 0 Å². The zero-order chi connectivity index (χ0) is 15.5. The molecule has 5 nitrogen and oxygen atoms in total. The van der Waals surface area contributed by atoms with Crippen LogP contribution in [0.1, 0.15) is 42.5 Å². The average Bonchev–Trinajstić information content (AvgIpc) is 2.90. The molecule has 0 atom stereocenters. The summed E-state index contributed by atoms with van der Waals surface area (Å²) in [4.78, 5) is 11.9. The number of amides is 1. The van der Waals surface area contributed by atoms with Crippen LogP contribution in [-0.2, 0) is 5.41 Å². The SMILES string of the molecule is CC(C)(C)c1cc(C(=O)N/N=C\c2ccc(Cl)cc2)n[nH]1. The van der Waals surface area contributed by atoms with E-state index < -0.39 is 0 Å². The number of hydrogen-bond acceptors (Lipinski definition) is 3. The molecule has 0 fully saturated rings. The van der Waals surface area contributed by atoms with E-state index in [0.29, 0.717) is 10.7 Å². The molecular weight excluding hydrogens is 288 g/mol. The molecule has 1 aromatic heterocycles. The summed E-state index contributed by atoms with van der Waals surface area (Å²) in [5.41, 5.74) is 4.41. The van der Waals surface area contributed by atoms with Gasteiger partial charge in [-0.05, 0) is 23.8 Å². The molecule has 2 rings (SSSR count). The van der Waals surface area contributed by atoms with Gasteiger partial charge in [0.1, 0.15) is 0 Å². The maximum absolute atomic E-state index is 11.9. The number of nitrogens with one attached hydrogen (secondary N) is 2. The van der Waals surface area contributed by atoms with Crippen LogP contribution in [0.4, 0.5) is 0 Å². The van der Waals surface area contributed by atoms with Crippen LogP contribution in [-0.4, -0.2) is 22.3 Å². The highest BCUT2D eigenvalue weighted by atomic mass is 35.5. The highest BCUT2D eigenvalue weighted by Gasteiger charge is 2.18. The Morgan fingerprint density at radius 3 is 2.57 bits per heavy atom. The Labute approximate surface area is 128 Å². The van der Waals surface area contributed by atoms with E-state index in [9.17, 15) is 4.79 Å². The molecule has 0 aliphatic heterocycles. The minimum Gasteiger partial charge on any atom is -0.281 e. The number of nitrogens with zero attached hydrogens (tertiary/aromatic N) is 2. The van der Waals surface area contributed by atoms with Crippen molar-refractivity contribution in [3.8, 4) is 0 Å². The fourth-order valence-electron chi connectivity index (χ4n) is 1.59. The summed E-state index contributed by atoms with van der Waals surface area (Å²) in [6, 6.07) is 8.86. The summed E-state index contributed by atoms with van der Waals surface area (Å²) in [6.45, 7) is 6.13. The van der Waals surface area contributed by atoms with E-state index in [1.165, 1.54) is 0 Å². The molecule has 0 bridgehead atoms. The summed E-state index contributed by atoms with van der Waals surface area (Å²) in [5, 5.41) is 11.4. The van der Waals surface area contributed by atoms with E-state index in [4.69, 9.17) is 11.6 Å². The van der Waals surface area contributed by atoms with Gasteiger partial charge in [-0.1, -0.05) is 44.5 Å². The van der Waals surface area contributed by atoms with E-state index in [1.807, 2.05) is 32.9 Å². The largest absolute Gasteiger partial charge is 0.291 e. The molecule has 1 amide bonds. The Morgan fingerprint density at radius 1 is 1.33 bits per heavy atom. The van der Waals surface area contributed by atoms with Gasteiger partial charge in [0, 0.05) is 16.1 Å². The lowest BCUT2D eigenvalue weighted by Crippen LogP contribution is -2.18. The van der Waals surface area contributed by atoms with Crippen molar-refractivity contribution < 1.29 is 4.79 Å². The molecular formula is C15H17ClN4O. The van der Waals surface area contributed by atoms with E-state index in [1.54, 1.807) is 24.4 Å². The first kappa shape index (κ1) is 15.3. The smallest absolute Gasteiger partial charge is 0.281 e. The summed E-state index contributed by atoms with van der Waals surface area (Å²) >= 11 is 5.79. The molecule has 110 valence electrons. The van der Waals surface area contributed by atoms with Crippen LogP contribution in [0.3, 0.4) is 0 Å². The second-order valence-corrected chi connectivity index (χ2v) is 6.10. The molecule has 0 radical (unpaired) electrons. The van der Waals surface area contributed by atoms with Gasteiger partial charge in [-0.2, -0.15) is 10.2 Å². The predicted octanol–water partition coefficient (Wildman–Crippen LogP) is 3.12. The maximum atomic E-state index is 11.9. The van der Waals surface area contributed by atoms with Gasteiger partial charge in [0.15, 0.2) is 5.69 Å². The number of H-pyrrole nitrogens is 1. The minimum atomic E-state index is -0.355. The summed E-state index contributed by atoms with van der Waals surface area (Å²) < 4.78 is 0. The lowest BCUT2D eigenvalue weighted by molar-refractivity contribution is 0.0950. The first-order valence-electron chi connectivity index (χ1n) is 6.51. The number of benzene rings is 1. The number of carbonyl (C=O) groups excluding carboxylic acids is 1. The van der Waals surface area contributed by atoms with Crippen molar-refractivity contribution in [1.29, 1.82) is 0 Å². The van der Waals surface area contributed by atoms with Crippen molar-refractivity contribution >= 4 is 23.7 Å². The molecule has 1 aromatic carbocycles. The Morgan fingerprint density at radius 2 is 2.00 bits per heavy atom. The van der Waals surface area contributed by atoms with Gasteiger partial charge in [0.05, 0.1) is 6.21 Å². The van der Waals surface area contributed by atoms with Crippen LogP contribution in [0, 0.1) is 0 Å². The molecule has 21 heavy (non-hydrogen) atoms. The van der Waals surface area contributed by atoms with Gasteiger partial charge in [-0.25, -0.2) is 5.43 Å². The molecule has 1 heterocycles. The third-order valence-electron chi connectivity index (χ3n) is 2.87. The summed E-state index contributed by atoms with van der Waals surface area (Å²) in [7, 11) is 0. The van der Waals surface area contributed by atoms with Crippen LogP contribution < -0.4 is 5.43 Å². The number of aromatic amines is 1. The highest BCUT2D eigenvalue weighted by molar-refractivity contribution is 6.30. The van der Waals surface area contributed by atoms with Crippen molar-refractivity contribution in [3.63, 3.8) is 0 Å². The number of halogens is 1. The first-order chi connectivity index (χ1) is 9.86. The van der Waals surface area contributed by atoms with Crippen molar-refractivity contribution in [2.45, 2.75) is 26.2 Å². The van der Waals surface area contributed by atoms with Gasteiger partial charge in [-0.15, -0.1) is 0 Å². The molecule has 0 saturated heterocycles. The van der Waals surface area contributed by atoms with E-state index in [2.05, 4.69) is 20.7 Å². The monoisotopic (exact) mass is 304 g/mol. The van der Waals surface area contributed by atoms with Crippen LogP contribution in [0.5, 0.6) is 0 Å². The first-order valence-corrected chi connectivity index (χ1v) is 6.89. The molecule has 2 N–H and O–H groups in total. The lowest BCUT2D eigenvalue weighted by atomic mass is 9.92. The fraction of sp³-hybridized carbons (Fsp3) is 0.267. The van der Waals surface area contributed by atoms with E-state index in [-0.39, 0.29) is 11.3 Å².